The molecule has 0 aliphatic carbocycles. The summed E-state index contributed by atoms with van der Waals surface area (Å²) in [6.07, 6.45) is 0. The first-order chi connectivity index (χ1) is 9.42. The van der Waals surface area contributed by atoms with Crippen LogP contribution in [0.5, 0.6) is 0 Å². The molecular formula is C13H13BrClFN4. The van der Waals surface area contributed by atoms with E-state index in [-0.39, 0.29) is 5.02 Å². The number of benzene rings is 1. The zero-order valence-electron chi connectivity index (χ0n) is 11.2. The van der Waals surface area contributed by atoms with Crippen molar-refractivity contribution in [3.8, 4) is 0 Å². The van der Waals surface area contributed by atoms with E-state index in [0.717, 1.165) is 11.4 Å². The average Bonchev–Trinajstić information content (AvgIpc) is 2.37. The molecule has 7 heteroatoms. The molecule has 0 amide bonds. The molecule has 0 bridgehead atoms. The van der Waals surface area contributed by atoms with Crippen LogP contribution in [0.4, 0.5) is 21.7 Å². The molecule has 0 unspecified atom stereocenters. The van der Waals surface area contributed by atoms with Crippen LogP contribution in [-0.2, 0) is 0 Å². The van der Waals surface area contributed by atoms with Crippen molar-refractivity contribution < 1.29 is 4.39 Å². The van der Waals surface area contributed by atoms with Gasteiger partial charge in [-0.1, -0.05) is 11.6 Å². The van der Waals surface area contributed by atoms with Crippen LogP contribution < -0.4 is 10.6 Å². The zero-order valence-corrected chi connectivity index (χ0v) is 13.5. The molecule has 0 fully saturated rings. The molecule has 4 nitrogen and oxygen atoms in total. The smallest absolute Gasteiger partial charge is 0.139 e. The highest BCUT2D eigenvalue weighted by molar-refractivity contribution is 9.10. The molecule has 2 aromatic rings. The van der Waals surface area contributed by atoms with Crippen molar-refractivity contribution in [2.24, 2.45) is 0 Å². The van der Waals surface area contributed by atoms with Crippen molar-refractivity contribution in [3.05, 3.63) is 38.8 Å². The summed E-state index contributed by atoms with van der Waals surface area (Å²) in [6, 6.07) is 2.59. The van der Waals surface area contributed by atoms with Crippen LogP contribution in [-0.4, -0.2) is 17.0 Å². The van der Waals surface area contributed by atoms with E-state index in [0.29, 0.717) is 21.8 Å². The Morgan fingerprint density at radius 2 is 1.85 bits per heavy atom. The minimum absolute atomic E-state index is 0.276. The predicted molar refractivity (Wildman–Crippen MR) is 83.4 cm³/mol. The quantitative estimate of drug-likeness (QED) is 0.851. The van der Waals surface area contributed by atoms with Crippen LogP contribution in [0.1, 0.15) is 11.4 Å². The Bertz CT molecular complexity index is 640. The van der Waals surface area contributed by atoms with Gasteiger partial charge >= 0.3 is 0 Å². The number of hydrogen-bond donors (Lipinski definition) is 2. The second kappa shape index (κ2) is 5.93. The largest absolute Gasteiger partial charge is 0.373 e. The molecule has 0 spiro atoms. The van der Waals surface area contributed by atoms with Crippen LogP contribution >= 0.6 is 27.5 Å². The molecule has 2 N–H and O–H groups in total. The number of anilines is 3. The van der Waals surface area contributed by atoms with E-state index in [1.54, 1.807) is 14.0 Å². The Labute approximate surface area is 129 Å². The van der Waals surface area contributed by atoms with Gasteiger partial charge in [-0.3, -0.25) is 0 Å². The molecule has 0 saturated carbocycles. The first-order valence-corrected chi connectivity index (χ1v) is 7.04. The predicted octanol–water partition coefficient (Wildman–Crippen LogP) is 4.43. The SMILES string of the molecule is CNc1nc(C)nc(Nc2c(Cl)cc(F)cc2Br)c1C. The fraction of sp³-hybridized carbons (Fsp3) is 0.231. The zero-order chi connectivity index (χ0) is 14.9. The molecule has 106 valence electrons. The topological polar surface area (TPSA) is 49.8 Å². The van der Waals surface area contributed by atoms with Crippen molar-refractivity contribution in [1.29, 1.82) is 0 Å². The van der Waals surface area contributed by atoms with Gasteiger partial charge in [0.05, 0.1) is 10.7 Å². The molecule has 0 atom stereocenters. The Hall–Kier alpha value is -1.40. The van der Waals surface area contributed by atoms with Crippen LogP contribution in [0.25, 0.3) is 0 Å². The number of aromatic nitrogens is 2. The van der Waals surface area contributed by atoms with Crippen LogP contribution in [0.3, 0.4) is 0 Å². The monoisotopic (exact) mass is 358 g/mol. The van der Waals surface area contributed by atoms with Gasteiger partial charge in [-0.2, -0.15) is 0 Å². The highest BCUT2D eigenvalue weighted by Crippen LogP contribution is 2.35. The maximum Gasteiger partial charge on any atom is 0.139 e. The van der Waals surface area contributed by atoms with Crippen LogP contribution in [0.2, 0.25) is 5.02 Å². The van der Waals surface area contributed by atoms with Gasteiger partial charge in [-0.15, -0.1) is 0 Å². The number of rotatable bonds is 3. The molecule has 1 heterocycles. The maximum atomic E-state index is 13.2. The fourth-order valence-corrected chi connectivity index (χ4v) is 2.67. The summed E-state index contributed by atoms with van der Waals surface area (Å²) in [6.45, 7) is 3.69. The van der Waals surface area contributed by atoms with Gasteiger partial charge in [0.15, 0.2) is 0 Å². The van der Waals surface area contributed by atoms with Crippen molar-refractivity contribution in [2.45, 2.75) is 13.8 Å². The van der Waals surface area contributed by atoms with Gasteiger partial charge in [-0.05, 0) is 41.9 Å². The first kappa shape index (κ1) is 15.0. The molecule has 0 saturated heterocycles. The van der Waals surface area contributed by atoms with Gasteiger partial charge in [-0.25, -0.2) is 14.4 Å². The molecule has 0 aliphatic rings. The lowest BCUT2D eigenvalue weighted by molar-refractivity contribution is 0.627. The van der Waals surface area contributed by atoms with E-state index >= 15 is 0 Å². The second-order valence-corrected chi connectivity index (χ2v) is 5.47. The molecule has 1 aromatic carbocycles. The minimum Gasteiger partial charge on any atom is -0.373 e. The lowest BCUT2D eigenvalue weighted by Crippen LogP contribution is -2.06. The normalized spacial score (nSPS) is 10.5. The number of aryl methyl sites for hydroxylation is 1. The van der Waals surface area contributed by atoms with E-state index < -0.39 is 5.82 Å². The lowest BCUT2D eigenvalue weighted by atomic mass is 10.2. The molecule has 0 radical (unpaired) electrons. The summed E-state index contributed by atoms with van der Waals surface area (Å²) in [5.41, 5.74) is 1.42. The maximum absolute atomic E-state index is 13.2. The third-order valence-corrected chi connectivity index (χ3v) is 3.67. The van der Waals surface area contributed by atoms with Gasteiger partial charge in [0.1, 0.15) is 23.3 Å². The van der Waals surface area contributed by atoms with Crippen LogP contribution in [0, 0.1) is 19.7 Å². The summed E-state index contributed by atoms with van der Waals surface area (Å²) < 4.78 is 13.8. The summed E-state index contributed by atoms with van der Waals surface area (Å²) in [7, 11) is 1.79. The first-order valence-electron chi connectivity index (χ1n) is 5.87. The molecule has 20 heavy (non-hydrogen) atoms. The van der Waals surface area contributed by atoms with E-state index in [1.165, 1.54) is 12.1 Å². The van der Waals surface area contributed by atoms with E-state index in [1.807, 2.05) is 6.92 Å². The fourth-order valence-electron chi connectivity index (χ4n) is 1.77. The van der Waals surface area contributed by atoms with E-state index in [9.17, 15) is 4.39 Å². The Morgan fingerprint density at radius 1 is 1.20 bits per heavy atom. The molecule has 2 rings (SSSR count). The minimum atomic E-state index is -0.404. The Balaban J connectivity index is 2.48. The molecule has 0 aliphatic heterocycles. The number of nitrogens with zero attached hydrogens (tertiary/aromatic N) is 2. The summed E-state index contributed by atoms with van der Waals surface area (Å²) in [5, 5.41) is 6.40. The molecular weight excluding hydrogens is 347 g/mol. The van der Waals surface area contributed by atoms with Gasteiger partial charge in [0.2, 0.25) is 0 Å². The van der Waals surface area contributed by atoms with Crippen LogP contribution in [0.15, 0.2) is 16.6 Å². The van der Waals surface area contributed by atoms with Crippen molar-refractivity contribution in [2.75, 3.05) is 17.7 Å². The lowest BCUT2D eigenvalue weighted by Gasteiger charge is -2.14. The number of halogens is 3. The van der Waals surface area contributed by atoms with Gasteiger partial charge < -0.3 is 10.6 Å². The summed E-state index contributed by atoms with van der Waals surface area (Å²) >= 11 is 9.35. The van der Waals surface area contributed by atoms with Crippen molar-refractivity contribution in [1.82, 2.24) is 9.97 Å². The average molecular weight is 360 g/mol. The number of nitrogens with one attached hydrogen (secondary N) is 2. The second-order valence-electron chi connectivity index (χ2n) is 4.21. The summed E-state index contributed by atoms with van der Waals surface area (Å²) in [5.74, 6) is 1.57. The number of hydrogen-bond acceptors (Lipinski definition) is 4. The highest BCUT2D eigenvalue weighted by Gasteiger charge is 2.13. The standard InChI is InChI=1S/C13H13BrClFN4/c1-6-12(17-3)18-7(2)19-13(6)20-11-9(14)4-8(16)5-10(11)15/h4-5H,1-3H3,(H2,17,18,19,20). The third kappa shape index (κ3) is 3.02. The van der Waals surface area contributed by atoms with Crippen molar-refractivity contribution in [3.63, 3.8) is 0 Å². The molecule has 1 aromatic heterocycles. The Kier molecular flexibility index (Phi) is 4.45. The van der Waals surface area contributed by atoms with E-state index in [2.05, 4.69) is 36.5 Å². The van der Waals surface area contributed by atoms with Gasteiger partial charge in [0, 0.05) is 17.1 Å². The van der Waals surface area contributed by atoms with Crippen molar-refractivity contribution >= 4 is 44.9 Å². The summed E-state index contributed by atoms with van der Waals surface area (Å²) in [4.78, 5) is 8.63. The highest BCUT2D eigenvalue weighted by atomic mass is 79.9. The Morgan fingerprint density at radius 3 is 2.45 bits per heavy atom. The van der Waals surface area contributed by atoms with Gasteiger partial charge in [0.25, 0.3) is 0 Å². The third-order valence-electron chi connectivity index (χ3n) is 2.74. The van der Waals surface area contributed by atoms with E-state index in [4.69, 9.17) is 11.6 Å².